The summed E-state index contributed by atoms with van der Waals surface area (Å²) in [4.78, 5) is 25.1. The molecule has 0 unspecified atom stereocenters. The van der Waals surface area contributed by atoms with E-state index in [-0.39, 0.29) is 10.8 Å². The summed E-state index contributed by atoms with van der Waals surface area (Å²) in [5, 5.41) is 4.44. The number of hydrogen-bond donors (Lipinski definition) is 3. The number of H-pyrrole nitrogens is 1. The van der Waals surface area contributed by atoms with Gasteiger partial charge in [0.05, 0.1) is 13.0 Å². The molecular formula is C12H13N3O2S. The molecule has 0 aliphatic heterocycles. The number of amides is 1. The van der Waals surface area contributed by atoms with Crippen molar-refractivity contribution in [1.29, 1.82) is 0 Å². The SMILES string of the molecule is Nc1ccc(CC(=O)NCc2csc(=O)[nH]2)cc1. The van der Waals surface area contributed by atoms with Crippen LogP contribution in [0.1, 0.15) is 11.3 Å². The molecule has 18 heavy (non-hydrogen) atoms. The van der Waals surface area contributed by atoms with Crippen molar-refractivity contribution in [2.45, 2.75) is 13.0 Å². The average molecular weight is 263 g/mol. The van der Waals surface area contributed by atoms with Gasteiger partial charge in [0.15, 0.2) is 0 Å². The lowest BCUT2D eigenvalue weighted by Crippen LogP contribution is -2.24. The van der Waals surface area contributed by atoms with E-state index in [0.717, 1.165) is 22.6 Å². The third-order valence-electron chi connectivity index (χ3n) is 2.39. The Morgan fingerprint density at radius 1 is 1.33 bits per heavy atom. The maximum Gasteiger partial charge on any atom is 0.304 e. The molecule has 4 N–H and O–H groups in total. The van der Waals surface area contributed by atoms with Crippen LogP contribution in [0.4, 0.5) is 5.69 Å². The van der Waals surface area contributed by atoms with E-state index in [2.05, 4.69) is 10.3 Å². The molecule has 1 aromatic heterocycles. The lowest BCUT2D eigenvalue weighted by molar-refractivity contribution is -0.120. The molecule has 1 amide bonds. The third kappa shape index (κ3) is 3.46. The van der Waals surface area contributed by atoms with E-state index in [1.807, 2.05) is 12.1 Å². The molecule has 6 heteroatoms. The monoisotopic (exact) mass is 263 g/mol. The number of thiazole rings is 1. The van der Waals surface area contributed by atoms with Crippen molar-refractivity contribution in [2.75, 3.05) is 5.73 Å². The Hall–Kier alpha value is -2.08. The molecule has 2 rings (SSSR count). The minimum Gasteiger partial charge on any atom is -0.399 e. The third-order valence-corrected chi connectivity index (χ3v) is 3.11. The zero-order chi connectivity index (χ0) is 13.0. The van der Waals surface area contributed by atoms with E-state index in [0.29, 0.717) is 18.7 Å². The molecule has 1 aromatic carbocycles. The van der Waals surface area contributed by atoms with Gasteiger partial charge in [-0.3, -0.25) is 9.59 Å². The fourth-order valence-corrected chi connectivity index (χ4v) is 2.06. The van der Waals surface area contributed by atoms with Gasteiger partial charge in [0.1, 0.15) is 0 Å². The van der Waals surface area contributed by atoms with Crippen LogP contribution in [0.25, 0.3) is 0 Å². The summed E-state index contributed by atoms with van der Waals surface area (Å²) in [6, 6.07) is 7.17. The first-order valence-corrected chi connectivity index (χ1v) is 6.29. The molecule has 0 aliphatic carbocycles. The zero-order valence-electron chi connectivity index (χ0n) is 9.60. The predicted octanol–water partition coefficient (Wildman–Crippen LogP) is 0.877. The highest BCUT2D eigenvalue weighted by Gasteiger charge is 2.04. The fraction of sp³-hybridized carbons (Fsp3) is 0.167. The van der Waals surface area contributed by atoms with Crippen molar-refractivity contribution in [1.82, 2.24) is 10.3 Å². The molecule has 5 nitrogen and oxygen atoms in total. The molecule has 2 aromatic rings. The Morgan fingerprint density at radius 3 is 2.67 bits per heavy atom. The number of aromatic nitrogens is 1. The van der Waals surface area contributed by atoms with Gasteiger partial charge >= 0.3 is 4.87 Å². The van der Waals surface area contributed by atoms with Crippen molar-refractivity contribution in [2.24, 2.45) is 0 Å². The van der Waals surface area contributed by atoms with E-state index in [4.69, 9.17) is 5.73 Å². The largest absolute Gasteiger partial charge is 0.399 e. The standard InChI is InChI=1S/C12H13N3O2S/c13-9-3-1-8(2-4-9)5-11(16)14-6-10-7-18-12(17)15-10/h1-4,7H,5-6,13H2,(H,14,16)(H,15,17). The molecule has 1 heterocycles. The van der Waals surface area contributed by atoms with E-state index in [1.54, 1.807) is 17.5 Å². The summed E-state index contributed by atoms with van der Waals surface area (Å²) < 4.78 is 0. The molecule has 0 saturated heterocycles. The van der Waals surface area contributed by atoms with Gasteiger partial charge in [-0.15, -0.1) is 0 Å². The van der Waals surface area contributed by atoms with Crippen molar-refractivity contribution in [3.05, 3.63) is 50.6 Å². The number of benzene rings is 1. The summed E-state index contributed by atoms with van der Waals surface area (Å²) in [5.74, 6) is -0.0909. The van der Waals surface area contributed by atoms with Crippen molar-refractivity contribution in [3.8, 4) is 0 Å². The van der Waals surface area contributed by atoms with Crippen LogP contribution in [-0.2, 0) is 17.8 Å². The highest BCUT2D eigenvalue weighted by molar-refractivity contribution is 7.07. The normalized spacial score (nSPS) is 10.2. The first kappa shape index (κ1) is 12.4. The van der Waals surface area contributed by atoms with Gasteiger partial charge in [-0.05, 0) is 17.7 Å². The lowest BCUT2D eigenvalue weighted by atomic mass is 10.1. The minimum atomic E-state index is -0.113. The smallest absolute Gasteiger partial charge is 0.304 e. The minimum absolute atomic E-state index is 0.0909. The highest BCUT2D eigenvalue weighted by Crippen LogP contribution is 2.06. The number of hydrogen-bond acceptors (Lipinski definition) is 4. The Kier molecular flexibility index (Phi) is 3.78. The van der Waals surface area contributed by atoms with Gasteiger partial charge in [-0.25, -0.2) is 0 Å². The van der Waals surface area contributed by atoms with Crippen LogP contribution in [0.15, 0.2) is 34.4 Å². The van der Waals surface area contributed by atoms with Crippen LogP contribution in [0.2, 0.25) is 0 Å². The molecule has 0 aliphatic rings. The van der Waals surface area contributed by atoms with Gasteiger partial charge in [0.25, 0.3) is 0 Å². The van der Waals surface area contributed by atoms with Crippen LogP contribution in [0.5, 0.6) is 0 Å². The molecule has 0 saturated carbocycles. The number of carbonyl (C=O) groups is 1. The number of nitrogens with two attached hydrogens (primary N) is 1. The fourth-order valence-electron chi connectivity index (χ4n) is 1.48. The van der Waals surface area contributed by atoms with E-state index < -0.39 is 0 Å². The average Bonchev–Trinajstić information content (AvgIpc) is 2.76. The summed E-state index contributed by atoms with van der Waals surface area (Å²) >= 11 is 1.09. The van der Waals surface area contributed by atoms with Crippen molar-refractivity contribution < 1.29 is 4.79 Å². The molecule has 0 radical (unpaired) electrons. The highest BCUT2D eigenvalue weighted by atomic mass is 32.1. The second-order valence-electron chi connectivity index (χ2n) is 3.87. The van der Waals surface area contributed by atoms with Gasteiger partial charge < -0.3 is 16.0 Å². The first-order valence-electron chi connectivity index (χ1n) is 5.41. The van der Waals surface area contributed by atoms with Gasteiger partial charge in [-0.2, -0.15) is 0 Å². The van der Waals surface area contributed by atoms with Crippen LogP contribution in [0, 0.1) is 0 Å². The first-order chi connectivity index (χ1) is 8.63. The Balaban J connectivity index is 1.85. The Labute approximate surface area is 108 Å². The quantitative estimate of drug-likeness (QED) is 0.715. The summed E-state index contributed by atoms with van der Waals surface area (Å²) in [7, 11) is 0. The molecule has 0 bridgehead atoms. The molecule has 0 fully saturated rings. The maximum atomic E-state index is 11.6. The van der Waals surface area contributed by atoms with Crippen molar-refractivity contribution >= 4 is 22.9 Å². The number of nitrogen functional groups attached to an aromatic ring is 1. The zero-order valence-corrected chi connectivity index (χ0v) is 10.4. The van der Waals surface area contributed by atoms with Gasteiger partial charge in [0.2, 0.25) is 5.91 Å². The number of aromatic amines is 1. The number of carbonyl (C=O) groups excluding carboxylic acids is 1. The van der Waals surface area contributed by atoms with Crippen LogP contribution in [-0.4, -0.2) is 10.9 Å². The van der Waals surface area contributed by atoms with Gasteiger partial charge in [-0.1, -0.05) is 23.5 Å². The Morgan fingerprint density at radius 2 is 2.06 bits per heavy atom. The summed E-state index contributed by atoms with van der Waals surface area (Å²) in [5.41, 5.74) is 7.86. The van der Waals surface area contributed by atoms with Crippen LogP contribution in [0.3, 0.4) is 0 Å². The van der Waals surface area contributed by atoms with E-state index in [1.165, 1.54) is 0 Å². The molecule has 0 spiro atoms. The second-order valence-corrected chi connectivity index (χ2v) is 4.71. The lowest BCUT2D eigenvalue weighted by Gasteiger charge is -2.04. The Bertz CT molecular complexity index is 586. The number of rotatable bonds is 4. The van der Waals surface area contributed by atoms with Gasteiger partial charge in [0, 0.05) is 16.8 Å². The van der Waals surface area contributed by atoms with Crippen LogP contribution >= 0.6 is 11.3 Å². The second kappa shape index (κ2) is 5.50. The maximum absolute atomic E-state index is 11.6. The number of anilines is 1. The van der Waals surface area contributed by atoms with Crippen molar-refractivity contribution in [3.63, 3.8) is 0 Å². The van der Waals surface area contributed by atoms with E-state index in [9.17, 15) is 9.59 Å². The summed E-state index contributed by atoms with van der Waals surface area (Å²) in [6.45, 7) is 0.340. The van der Waals surface area contributed by atoms with Crippen LogP contribution < -0.4 is 15.9 Å². The number of nitrogens with one attached hydrogen (secondary N) is 2. The molecular weight excluding hydrogens is 250 g/mol. The predicted molar refractivity (Wildman–Crippen MR) is 71.3 cm³/mol. The van der Waals surface area contributed by atoms with E-state index >= 15 is 0 Å². The topological polar surface area (TPSA) is 88.0 Å². The summed E-state index contributed by atoms with van der Waals surface area (Å²) in [6.07, 6.45) is 0.300. The molecule has 0 atom stereocenters. The molecule has 94 valence electrons.